The first-order chi connectivity index (χ1) is 11.1. The van der Waals surface area contributed by atoms with Crippen molar-refractivity contribution in [2.24, 2.45) is 0 Å². The lowest BCUT2D eigenvalue weighted by Crippen LogP contribution is -2.26. The summed E-state index contributed by atoms with van der Waals surface area (Å²) in [5, 5.41) is 10.0. The molecule has 7 heteroatoms. The van der Waals surface area contributed by atoms with Gasteiger partial charge in [0, 0.05) is 19.3 Å². The highest BCUT2D eigenvalue weighted by atomic mass is 35.5. The minimum atomic E-state index is -0.379. The Morgan fingerprint density at radius 3 is 2.61 bits per heavy atom. The van der Waals surface area contributed by atoms with Crippen molar-refractivity contribution in [2.45, 2.75) is 26.8 Å². The number of nitrogens with one attached hydrogen (secondary N) is 2. The van der Waals surface area contributed by atoms with Crippen LogP contribution < -0.4 is 10.6 Å². The first-order valence-corrected chi connectivity index (χ1v) is 7.86. The Morgan fingerprint density at radius 1 is 1.22 bits per heavy atom. The Labute approximate surface area is 139 Å². The number of hydrogen-bond acceptors (Lipinski definition) is 3. The number of carbonyl (C=O) groups is 2. The van der Waals surface area contributed by atoms with Gasteiger partial charge in [-0.15, -0.1) is 0 Å². The van der Waals surface area contributed by atoms with Crippen molar-refractivity contribution < 1.29 is 9.59 Å². The minimum absolute atomic E-state index is 0.195. The molecule has 1 heterocycles. The topological polar surface area (TPSA) is 76.0 Å². The number of hydrogen-bond donors (Lipinski definition) is 2. The van der Waals surface area contributed by atoms with Crippen LogP contribution in [0.3, 0.4) is 0 Å². The predicted molar refractivity (Wildman–Crippen MR) is 89.9 cm³/mol. The molecule has 1 aromatic carbocycles. The molecule has 0 aliphatic rings. The summed E-state index contributed by atoms with van der Waals surface area (Å²) in [6, 6.07) is 6.74. The van der Waals surface area contributed by atoms with E-state index in [2.05, 4.69) is 15.7 Å². The van der Waals surface area contributed by atoms with Gasteiger partial charge in [-0.05, 0) is 25.5 Å². The van der Waals surface area contributed by atoms with Crippen LogP contribution in [0.15, 0.2) is 30.5 Å². The molecule has 23 heavy (non-hydrogen) atoms. The summed E-state index contributed by atoms with van der Waals surface area (Å²) in [4.78, 5) is 24.5. The van der Waals surface area contributed by atoms with Crippen LogP contribution in [-0.2, 0) is 6.54 Å². The van der Waals surface area contributed by atoms with E-state index in [0.29, 0.717) is 29.4 Å². The standard InChI is InChI=1S/C16H19ClN4O2/c1-3-9-18-16(23)14-13(10-21(4-2)20-14)19-15(22)11-7-5-6-8-12(11)17/h5-8,10H,3-4,9H2,1-2H3,(H,18,23)(H,19,22). The fraction of sp³-hybridized carbons (Fsp3) is 0.312. The highest BCUT2D eigenvalue weighted by molar-refractivity contribution is 6.34. The number of carbonyl (C=O) groups excluding carboxylic acids is 2. The molecule has 1 aromatic heterocycles. The van der Waals surface area contributed by atoms with E-state index in [0.717, 1.165) is 6.42 Å². The maximum Gasteiger partial charge on any atom is 0.273 e. The van der Waals surface area contributed by atoms with Crippen LogP contribution in [0.1, 0.15) is 41.1 Å². The highest BCUT2D eigenvalue weighted by Crippen LogP contribution is 2.19. The van der Waals surface area contributed by atoms with Gasteiger partial charge in [0.05, 0.1) is 16.3 Å². The molecule has 0 saturated heterocycles. The molecule has 2 rings (SSSR count). The quantitative estimate of drug-likeness (QED) is 0.852. The van der Waals surface area contributed by atoms with Crippen LogP contribution in [0.2, 0.25) is 5.02 Å². The van der Waals surface area contributed by atoms with Gasteiger partial charge < -0.3 is 10.6 Å². The van der Waals surface area contributed by atoms with Gasteiger partial charge in [-0.2, -0.15) is 5.10 Å². The van der Waals surface area contributed by atoms with E-state index in [1.54, 1.807) is 35.1 Å². The molecule has 0 radical (unpaired) electrons. The van der Waals surface area contributed by atoms with Crippen molar-refractivity contribution in [1.82, 2.24) is 15.1 Å². The number of benzene rings is 1. The number of amides is 2. The average Bonchev–Trinajstić information content (AvgIpc) is 2.96. The highest BCUT2D eigenvalue weighted by Gasteiger charge is 2.19. The molecule has 0 aliphatic heterocycles. The lowest BCUT2D eigenvalue weighted by Gasteiger charge is -2.07. The van der Waals surface area contributed by atoms with Gasteiger partial charge in [0.15, 0.2) is 5.69 Å². The fourth-order valence-electron chi connectivity index (χ4n) is 2.00. The monoisotopic (exact) mass is 334 g/mol. The zero-order valence-corrected chi connectivity index (χ0v) is 13.9. The summed E-state index contributed by atoms with van der Waals surface area (Å²) in [5.74, 6) is -0.690. The second-order valence-corrected chi connectivity index (χ2v) is 5.34. The van der Waals surface area contributed by atoms with Crippen LogP contribution in [0.25, 0.3) is 0 Å². The SMILES string of the molecule is CCCNC(=O)c1nn(CC)cc1NC(=O)c1ccccc1Cl. The van der Waals surface area contributed by atoms with E-state index in [1.807, 2.05) is 13.8 Å². The lowest BCUT2D eigenvalue weighted by molar-refractivity contribution is 0.0948. The number of aryl methyl sites for hydroxylation is 1. The van der Waals surface area contributed by atoms with Gasteiger partial charge in [-0.3, -0.25) is 14.3 Å². The number of nitrogens with zero attached hydrogens (tertiary/aromatic N) is 2. The number of aromatic nitrogens is 2. The van der Waals surface area contributed by atoms with Crippen molar-refractivity contribution in [3.05, 3.63) is 46.7 Å². The third kappa shape index (κ3) is 4.10. The predicted octanol–water partition coefficient (Wildman–Crippen LogP) is 2.95. The molecule has 0 saturated carbocycles. The van der Waals surface area contributed by atoms with Crippen LogP contribution in [0, 0.1) is 0 Å². The second-order valence-electron chi connectivity index (χ2n) is 4.94. The summed E-state index contributed by atoms with van der Waals surface area (Å²) in [6.07, 6.45) is 2.46. The molecule has 0 bridgehead atoms. The van der Waals surface area contributed by atoms with Crippen molar-refractivity contribution >= 4 is 29.1 Å². The van der Waals surface area contributed by atoms with E-state index in [-0.39, 0.29) is 17.5 Å². The maximum absolute atomic E-state index is 12.4. The normalized spacial score (nSPS) is 10.4. The molecule has 2 aromatic rings. The molecule has 0 unspecified atom stereocenters. The molecular weight excluding hydrogens is 316 g/mol. The molecule has 0 fully saturated rings. The molecule has 122 valence electrons. The first-order valence-electron chi connectivity index (χ1n) is 7.48. The summed E-state index contributed by atoms with van der Waals surface area (Å²) in [5.41, 5.74) is 0.907. The van der Waals surface area contributed by atoms with Gasteiger partial charge in [0.25, 0.3) is 11.8 Å². The lowest BCUT2D eigenvalue weighted by atomic mass is 10.2. The molecular formula is C16H19ClN4O2. The fourth-order valence-corrected chi connectivity index (χ4v) is 2.22. The van der Waals surface area contributed by atoms with Gasteiger partial charge in [-0.1, -0.05) is 30.7 Å². The van der Waals surface area contributed by atoms with E-state index in [1.165, 1.54) is 0 Å². The van der Waals surface area contributed by atoms with E-state index >= 15 is 0 Å². The zero-order chi connectivity index (χ0) is 16.8. The molecule has 0 spiro atoms. The minimum Gasteiger partial charge on any atom is -0.351 e. The molecule has 2 N–H and O–H groups in total. The molecule has 0 aliphatic carbocycles. The maximum atomic E-state index is 12.4. The summed E-state index contributed by atoms with van der Waals surface area (Å²) in [6.45, 7) is 5.01. The molecule has 6 nitrogen and oxygen atoms in total. The Bertz CT molecular complexity index is 712. The Balaban J connectivity index is 2.25. The zero-order valence-electron chi connectivity index (χ0n) is 13.1. The summed E-state index contributed by atoms with van der Waals surface area (Å²) >= 11 is 6.03. The number of anilines is 1. The largest absolute Gasteiger partial charge is 0.351 e. The third-order valence-corrected chi connectivity index (χ3v) is 3.53. The Hall–Kier alpha value is -2.34. The van der Waals surface area contributed by atoms with Crippen molar-refractivity contribution in [1.29, 1.82) is 0 Å². The van der Waals surface area contributed by atoms with Crippen molar-refractivity contribution in [3.8, 4) is 0 Å². The Morgan fingerprint density at radius 2 is 1.96 bits per heavy atom. The van der Waals surface area contributed by atoms with Crippen LogP contribution >= 0.6 is 11.6 Å². The summed E-state index contributed by atoms with van der Waals surface area (Å²) < 4.78 is 1.60. The van der Waals surface area contributed by atoms with Gasteiger partial charge >= 0.3 is 0 Å². The van der Waals surface area contributed by atoms with Crippen molar-refractivity contribution in [2.75, 3.05) is 11.9 Å². The number of rotatable bonds is 6. The van der Waals surface area contributed by atoms with E-state index in [4.69, 9.17) is 11.6 Å². The molecule has 0 atom stereocenters. The van der Waals surface area contributed by atoms with Gasteiger partial charge in [0.1, 0.15) is 0 Å². The van der Waals surface area contributed by atoms with E-state index in [9.17, 15) is 9.59 Å². The summed E-state index contributed by atoms with van der Waals surface area (Å²) in [7, 11) is 0. The van der Waals surface area contributed by atoms with Crippen molar-refractivity contribution in [3.63, 3.8) is 0 Å². The van der Waals surface area contributed by atoms with Crippen LogP contribution in [0.5, 0.6) is 0 Å². The van der Waals surface area contributed by atoms with Gasteiger partial charge in [0.2, 0.25) is 0 Å². The molecule has 2 amide bonds. The smallest absolute Gasteiger partial charge is 0.273 e. The van der Waals surface area contributed by atoms with Crippen LogP contribution in [-0.4, -0.2) is 28.1 Å². The first kappa shape index (κ1) is 17.0. The second kappa shape index (κ2) is 7.78. The van der Waals surface area contributed by atoms with Crippen LogP contribution in [0.4, 0.5) is 5.69 Å². The van der Waals surface area contributed by atoms with E-state index < -0.39 is 0 Å². The van der Waals surface area contributed by atoms with Gasteiger partial charge in [-0.25, -0.2) is 0 Å². The number of halogens is 1. The third-order valence-electron chi connectivity index (χ3n) is 3.20. The Kier molecular flexibility index (Phi) is 5.76. The average molecular weight is 335 g/mol.